The minimum Gasteiger partial charge on any atom is -0.125 e. The molecule has 0 aromatic heterocycles. The van der Waals surface area contributed by atoms with Crippen LogP contribution < -0.4 is 0 Å². The van der Waals surface area contributed by atoms with Gasteiger partial charge < -0.3 is 0 Å². The molecule has 0 heteroatoms. The summed E-state index contributed by atoms with van der Waals surface area (Å²) in [5.41, 5.74) is 4.88. The maximum absolute atomic E-state index is 3.06. The Bertz CT molecular complexity index is 205. The molecule has 0 saturated heterocycles. The second-order valence-corrected chi connectivity index (χ2v) is 3.68. The Labute approximate surface area is 62.9 Å². The summed E-state index contributed by atoms with van der Waals surface area (Å²) in [6.07, 6.45) is 7.31. The molecular weight excluding hydrogens is 120 g/mol. The number of hydrogen-bond donors (Lipinski definition) is 0. The SMILES string of the molecule is CC(C)(C)C1=CC=C=CC1. The molecule has 0 nitrogen and oxygen atoms in total. The minimum atomic E-state index is 0.328. The molecule has 54 valence electrons. The number of hydrogen-bond acceptors (Lipinski definition) is 0. The first-order valence-corrected chi connectivity index (χ1v) is 3.71. The van der Waals surface area contributed by atoms with Gasteiger partial charge in [-0.2, -0.15) is 0 Å². The molecule has 0 saturated carbocycles. The summed E-state index contributed by atoms with van der Waals surface area (Å²) in [6, 6.07) is 0. The molecule has 0 atom stereocenters. The lowest BCUT2D eigenvalue weighted by Crippen LogP contribution is -2.09. The maximum Gasteiger partial charge on any atom is -0.00540 e. The summed E-state index contributed by atoms with van der Waals surface area (Å²) in [5.74, 6) is 0. The molecule has 1 aliphatic carbocycles. The van der Waals surface area contributed by atoms with Crippen LogP contribution in [0, 0.1) is 5.41 Å². The van der Waals surface area contributed by atoms with Gasteiger partial charge >= 0.3 is 0 Å². The van der Waals surface area contributed by atoms with Crippen molar-refractivity contribution < 1.29 is 0 Å². The van der Waals surface area contributed by atoms with Crippen molar-refractivity contribution >= 4 is 0 Å². The lowest BCUT2D eigenvalue weighted by molar-refractivity contribution is 0.493. The molecule has 0 spiro atoms. The molecule has 0 heterocycles. The van der Waals surface area contributed by atoms with Crippen molar-refractivity contribution in [3.05, 3.63) is 29.5 Å². The molecule has 0 aromatic carbocycles. The fourth-order valence-electron chi connectivity index (χ4n) is 1.01. The van der Waals surface area contributed by atoms with Crippen LogP contribution in [0.1, 0.15) is 27.2 Å². The summed E-state index contributed by atoms with van der Waals surface area (Å²) in [5, 5.41) is 0. The molecule has 0 aromatic rings. The highest BCUT2D eigenvalue weighted by Crippen LogP contribution is 2.28. The van der Waals surface area contributed by atoms with Crippen molar-refractivity contribution in [2.45, 2.75) is 27.2 Å². The zero-order valence-electron chi connectivity index (χ0n) is 6.94. The van der Waals surface area contributed by atoms with E-state index in [4.69, 9.17) is 0 Å². The third-order valence-electron chi connectivity index (χ3n) is 1.78. The highest BCUT2D eigenvalue weighted by molar-refractivity contribution is 5.24. The molecule has 0 amide bonds. The van der Waals surface area contributed by atoms with Crippen LogP contribution in [0.5, 0.6) is 0 Å². The van der Waals surface area contributed by atoms with E-state index in [0.717, 1.165) is 6.42 Å². The van der Waals surface area contributed by atoms with Crippen LogP contribution in [0.3, 0.4) is 0 Å². The zero-order chi connectivity index (χ0) is 7.61. The third-order valence-corrected chi connectivity index (χ3v) is 1.78. The van der Waals surface area contributed by atoms with E-state index in [1.165, 1.54) is 5.57 Å². The topological polar surface area (TPSA) is 0 Å². The van der Waals surface area contributed by atoms with Crippen molar-refractivity contribution in [2.75, 3.05) is 0 Å². The van der Waals surface area contributed by atoms with E-state index >= 15 is 0 Å². The second kappa shape index (κ2) is 2.48. The van der Waals surface area contributed by atoms with Gasteiger partial charge in [-0.15, -0.1) is 5.73 Å². The van der Waals surface area contributed by atoms with Crippen LogP contribution in [0.25, 0.3) is 0 Å². The largest absolute Gasteiger partial charge is 0.125 e. The van der Waals surface area contributed by atoms with Gasteiger partial charge in [-0.05, 0) is 24.0 Å². The molecule has 1 aliphatic rings. The van der Waals surface area contributed by atoms with E-state index in [2.05, 4.69) is 38.7 Å². The lowest BCUT2D eigenvalue weighted by atomic mass is 9.83. The fraction of sp³-hybridized carbons (Fsp3) is 0.500. The monoisotopic (exact) mass is 134 g/mol. The fourth-order valence-corrected chi connectivity index (χ4v) is 1.01. The summed E-state index contributed by atoms with van der Waals surface area (Å²) >= 11 is 0. The van der Waals surface area contributed by atoms with E-state index < -0.39 is 0 Å². The van der Waals surface area contributed by atoms with E-state index in [1.54, 1.807) is 0 Å². The molecule has 1 rings (SSSR count). The Morgan fingerprint density at radius 3 is 2.40 bits per heavy atom. The molecule has 0 radical (unpaired) electrons. The third kappa shape index (κ3) is 1.62. The van der Waals surface area contributed by atoms with Crippen molar-refractivity contribution in [1.29, 1.82) is 0 Å². The Morgan fingerprint density at radius 2 is 2.10 bits per heavy atom. The Kier molecular flexibility index (Phi) is 1.82. The van der Waals surface area contributed by atoms with Gasteiger partial charge in [-0.1, -0.05) is 32.4 Å². The van der Waals surface area contributed by atoms with Gasteiger partial charge in [0.25, 0.3) is 0 Å². The normalized spacial score (nSPS) is 17.3. The van der Waals surface area contributed by atoms with Gasteiger partial charge in [0, 0.05) is 0 Å². The van der Waals surface area contributed by atoms with Gasteiger partial charge in [0.05, 0.1) is 0 Å². The first-order valence-electron chi connectivity index (χ1n) is 3.71. The van der Waals surface area contributed by atoms with E-state index in [0.29, 0.717) is 5.41 Å². The standard InChI is InChI=1S/C10H14/c1-10(2,3)9-7-5-4-6-8-9/h5-7H,8H2,1-3H3. The second-order valence-electron chi connectivity index (χ2n) is 3.68. The van der Waals surface area contributed by atoms with Crippen molar-refractivity contribution in [1.82, 2.24) is 0 Å². The van der Waals surface area contributed by atoms with Crippen LogP contribution in [-0.4, -0.2) is 0 Å². The van der Waals surface area contributed by atoms with Gasteiger partial charge in [-0.3, -0.25) is 0 Å². The van der Waals surface area contributed by atoms with Gasteiger partial charge in [-0.25, -0.2) is 0 Å². The molecule has 0 fully saturated rings. The van der Waals surface area contributed by atoms with Crippen molar-refractivity contribution in [3.63, 3.8) is 0 Å². The highest BCUT2D eigenvalue weighted by atomic mass is 14.2. The van der Waals surface area contributed by atoms with E-state index in [9.17, 15) is 0 Å². The zero-order valence-corrected chi connectivity index (χ0v) is 6.94. The Morgan fingerprint density at radius 1 is 1.40 bits per heavy atom. The van der Waals surface area contributed by atoms with Crippen LogP contribution >= 0.6 is 0 Å². The molecule has 0 bridgehead atoms. The van der Waals surface area contributed by atoms with Gasteiger partial charge in [0.1, 0.15) is 0 Å². The Balaban J connectivity index is 2.79. The quantitative estimate of drug-likeness (QED) is 0.447. The summed E-state index contributed by atoms with van der Waals surface area (Å²) in [4.78, 5) is 0. The molecular formula is C10H14. The molecule has 10 heavy (non-hydrogen) atoms. The number of allylic oxidation sites excluding steroid dienone is 3. The van der Waals surface area contributed by atoms with Crippen LogP contribution in [0.4, 0.5) is 0 Å². The number of rotatable bonds is 0. The molecule has 0 unspecified atom stereocenters. The predicted octanol–water partition coefficient (Wildman–Crippen LogP) is 3.07. The van der Waals surface area contributed by atoms with E-state index in [-0.39, 0.29) is 0 Å². The molecule has 0 aliphatic heterocycles. The minimum absolute atomic E-state index is 0.328. The highest BCUT2D eigenvalue weighted by Gasteiger charge is 2.15. The average molecular weight is 134 g/mol. The lowest BCUT2D eigenvalue weighted by Gasteiger charge is -2.22. The van der Waals surface area contributed by atoms with Crippen LogP contribution in [0.2, 0.25) is 0 Å². The summed E-state index contributed by atoms with van der Waals surface area (Å²) in [7, 11) is 0. The smallest absolute Gasteiger partial charge is 0.00540 e. The first kappa shape index (κ1) is 7.37. The summed E-state index contributed by atoms with van der Waals surface area (Å²) < 4.78 is 0. The van der Waals surface area contributed by atoms with Gasteiger partial charge in [0.2, 0.25) is 0 Å². The van der Waals surface area contributed by atoms with Crippen molar-refractivity contribution in [3.8, 4) is 0 Å². The average Bonchev–Trinajstić information content (AvgIpc) is 1.88. The van der Waals surface area contributed by atoms with Gasteiger partial charge in [0.15, 0.2) is 0 Å². The predicted molar refractivity (Wildman–Crippen MR) is 44.8 cm³/mol. The van der Waals surface area contributed by atoms with Crippen molar-refractivity contribution in [2.24, 2.45) is 5.41 Å². The maximum atomic E-state index is 3.06. The van der Waals surface area contributed by atoms with Crippen LogP contribution in [0.15, 0.2) is 29.5 Å². The molecule has 0 N–H and O–H groups in total. The Hall–Kier alpha value is -0.740. The first-order chi connectivity index (χ1) is 4.61. The summed E-state index contributed by atoms with van der Waals surface area (Å²) in [6.45, 7) is 6.73. The van der Waals surface area contributed by atoms with E-state index in [1.807, 2.05) is 6.08 Å². The van der Waals surface area contributed by atoms with Crippen LogP contribution in [-0.2, 0) is 0 Å².